The molecule has 0 aliphatic carbocycles. The van der Waals surface area contributed by atoms with Gasteiger partial charge in [-0.25, -0.2) is 0 Å². The van der Waals surface area contributed by atoms with Crippen LogP contribution in [-0.4, -0.2) is 0 Å². The van der Waals surface area contributed by atoms with Gasteiger partial charge in [0.2, 0.25) is 0 Å². The monoisotopic (exact) mass is 240 g/mol. The fourth-order valence-electron chi connectivity index (χ4n) is 2.71. The Balaban J connectivity index is 5.20. The Morgan fingerprint density at radius 2 is 0.882 bits per heavy atom. The second-order valence-corrected chi connectivity index (χ2v) is 8.54. The summed E-state index contributed by atoms with van der Waals surface area (Å²) in [4.78, 5) is 0. The first-order valence-corrected chi connectivity index (χ1v) is 7.26. The van der Waals surface area contributed by atoms with Gasteiger partial charge in [0, 0.05) is 0 Å². The van der Waals surface area contributed by atoms with Crippen LogP contribution in [0.4, 0.5) is 0 Å². The highest BCUT2D eigenvalue weighted by Gasteiger charge is 2.46. The summed E-state index contributed by atoms with van der Waals surface area (Å²) in [6.45, 7) is 26.5. The van der Waals surface area contributed by atoms with Gasteiger partial charge in [-0.05, 0) is 34.0 Å². The summed E-state index contributed by atoms with van der Waals surface area (Å²) >= 11 is 0. The molecule has 0 aliphatic rings. The van der Waals surface area contributed by atoms with Crippen molar-refractivity contribution in [1.82, 2.24) is 0 Å². The Morgan fingerprint density at radius 3 is 1.12 bits per heavy atom. The van der Waals surface area contributed by atoms with Gasteiger partial charge in [-0.2, -0.15) is 0 Å². The molecule has 104 valence electrons. The smallest absolute Gasteiger partial charge is 0.0272 e. The first kappa shape index (κ1) is 17.0. The van der Waals surface area contributed by atoms with E-state index in [1.807, 2.05) is 0 Å². The molecule has 0 saturated carbocycles. The Kier molecular flexibility index (Phi) is 4.94. The van der Waals surface area contributed by atoms with E-state index in [0.29, 0.717) is 22.2 Å². The Hall–Kier alpha value is 0. The average molecular weight is 240 g/mol. The maximum absolute atomic E-state index is 2.46. The summed E-state index contributed by atoms with van der Waals surface area (Å²) in [5.41, 5.74) is 1.11. The van der Waals surface area contributed by atoms with E-state index in [0.717, 1.165) is 11.8 Å². The highest BCUT2D eigenvalue weighted by molar-refractivity contribution is 4.94. The van der Waals surface area contributed by atoms with Crippen molar-refractivity contribution in [2.75, 3.05) is 0 Å². The highest BCUT2D eigenvalue weighted by atomic mass is 14.5. The van der Waals surface area contributed by atoms with Crippen LogP contribution in [0.15, 0.2) is 0 Å². The molecule has 0 spiro atoms. The van der Waals surface area contributed by atoms with Gasteiger partial charge in [-0.3, -0.25) is 0 Å². The van der Waals surface area contributed by atoms with E-state index in [-0.39, 0.29) is 0 Å². The molecule has 0 rings (SSSR count). The molecule has 0 bridgehead atoms. The highest BCUT2D eigenvalue weighted by Crippen LogP contribution is 2.53. The number of hydrogen-bond acceptors (Lipinski definition) is 0. The van der Waals surface area contributed by atoms with Crippen molar-refractivity contribution in [2.24, 2.45) is 34.0 Å². The van der Waals surface area contributed by atoms with Crippen molar-refractivity contribution in [3.8, 4) is 0 Å². The summed E-state index contributed by atoms with van der Waals surface area (Å²) in [5.74, 6) is 2.17. The normalized spacial score (nSPS) is 18.4. The molecule has 0 fully saturated rings. The zero-order valence-corrected chi connectivity index (χ0v) is 14.2. The predicted molar refractivity (Wildman–Crippen MR) is 80.2 cm³/mol. The summed E-state index contributed by atoms with van der Waals surface area (Å²) in [6, 6.07) is 0. The van der Waals surface area contributed by atoms with Crippen LogP contribution in [0.5, 0.6) is 0 Å². The molecule has 0 aliphatic heterocycles. The van der Waals surface area contributed by atoms with E-state index in [1.54, 1.807) is 0 Å². The van der Waals surface area contributed by atoms with Crippen LogP contribution in [-0.2, 0) is 0 Å². The van der Waals surface area contributed by atoms with Gasteiger partial charge in [-0.1, -0.05) is 76.2 Å². The maximum atomic E-state index is 2.46. The van der Waals surface area contributed by atoms with Crippen LogP contribution in [0, 0.1) is 34.0 Å². The molecule has 0 N–H and O–H groups in total. The lowest BCUT2D eigenvalue weighted by atomic mass is 9.53. The summed E-state index contributed by atoms with van der Waals surface area (Å²) in [7, 11) is 0. The molecule has 0 saturated heterocycles. The number of hydrogen-bond donors (Lipinski definition) is 0. The lowest BCUT2D eigenvalue weighted by molar-refractivity contribution is -0.0358. The van der Waals surface area contributed by atoms with Crippen molar-refractivity contribution in [3.05, 3.63) is 0 Å². The molecule has 0 nitrogen and oxygen atoms in total. The average Bonchev–Trinajstić information content (AvgIpc) is 2.13. The first-order chi connectivity index (χ1) is 7.26. The molecule has 2 atom stereocenters. The SMILES string of the molecule is CC(C(C)C(C)(C)C(C)(C)C(C)C)C(C)(C)C. The molecular formula is C17H36. The molecule has 0 heteroatoms. The summed E-state index contributed by atoms with van der Waals surface area (Å²) < 4.78 is 0. The topological polar surface area (TPSA) is 0 Å². The molecule has 0 aromatic carbocycles. The van der Waals surface area contributed by atoms with Crippen LogP contribution in [0.3, 0.4) is 0 Å². The van der Waals surface area contributed by atoms with E-state index in [2.05, 4.69) is 76.2 Å². The van der Waals surface area contributed by atoms with Crippen molar-refractivity contribution in [2.45, 2.75) is 76.2 Å². The van der Waals surface area contributed by atoms with E-state index in [4.69, 9.17) is 0 Å². The zero-order chi connectivity index (χ0) is 14.2. The molecule has 0 radical (unpaired) electrons. The quantitative estimate of drug-likeness (QED) is 0.564. The van der Waals surface area contributed by atoms with Crippen molar-refractivity contribution >= 4 is 0 Å². The third-order valence-electron chi connectivity index (χ3n) is 6.36. The lowest BCUT2D eigenvalue weighted by Crippen LogP contribution is -2.45. The molecule has 0 heterocycles. The van der Waals surface area contributed by atoms with Gasteiger partial charge in [-0.15, -0.1) is 0 Å². The minimum absolute atomic E-state index is 0.355. The Morgan fingerprint density at radius 1 is 0.529 bits per heavy atom. The number of rotatable bonds is 4. The standard InChI is InChI=1S/C17H36/c1-12(2)16(8,9)17(10,11)14(4)13(3)15(5,6)7/h12-14H,1-11H3. The largest absolute Gasteiger partial charge is 0.0622 e. The van der Waals surface area contributed by atoms with E-state index < -0.39 is 0 Å². The Bertz CT molecular complexity index is 237. The zero-order valence-electron chi connectivity index (χ0n) is 14.2. The minimum atomic E-state index is 0.355. The third kappa shape index (κ3) is 3.26. The van der Waals surface area contributed by atoms with Crippen LogP contribution in [0.25, 0.3) is 0 Å². The first-order valence-electron chi connectivity index (χ1n) is 7.26. The van der Waals surface area contributed by atoms with Gasteiger partial charge in [0.15, 0.2) is 0 Å². The second-order valence-electron chi connectivity index (χ2n) is 8.54. The fraction of sp³-hybridized carbons (Fsp3) is 1.00. The van der Waals surface area contributed by atoms with Crippen molar-refractivity contribution in [3.63, 3.8) is 0 Å². The van der Waals surface area contributed by atoms with Crippen LogP contribution in [0.1, 0.15) is 76.2 Å². The van der Waals surface area contributed by atoms with Crippen LogP contribution < -0.4 is 0 Å². The van der Waals surface area contributed by atoms with Crippen LogP contribution >= 0.6 is 0 Å². The van der Waals surface area contributed by atoms with E-state index >= 15 is 0 Å². The minimum Gasteiger partial charge on any atom is -0.0622 e. The molecular weight excluding hydrogens is 204 g/mol. The molecule has 0 aromatic heterocycles. The molecule has 0 aromatic rings. The molecule has 17 heavy (non-hydrogen) atoms. The Labute approximate surface area is 111 Å². The lowest BCUT2D eigenvalue weighted by Gasteiger charge is -2.52. The fourth-order valence-corrected chi connectivity index (χ4v) is 2.71. The van der Waals surface area contributed by atoms with Gasteiger partial charge < -0.3 is 0 Å². The summed E-state index contributed by atoms with van der Waals surface area (Å²) in [6.07, 6.45) is 0. The van der Waals surface area contributed by atoms with E-state index in [9.17, 15) is 0 Å². The maximum Gasteiger partial charge on any atom is -0.0272 e. The molecule has 0 amide bonds. The predicted octanol–water partition coefficient (Wildman–Crippen LogP) is 6.01. The summed E-state index contributed by atoms with van der Waals surface area (Å²) in [5, 5.41) is 0. The van der Waals surface area contributed by atoms with Gasteiger partial charge in [0.05, 0.1) is 0 Å². The third-order valence-corrected chi connectivity index (χ3v) is 6.36. The van der Waals surface area contributed by atoms with Gasteiger partial charge in [0.1, 0.15) is 0 Å². The van der Waals surface area contributed by atoms with Crippen molar-refractivity contribution in [1.29, 1.82) is 0 Å². The van der Waals surface area contributed by atoms with Gasteiger partial charge in [0.25, 0.3) is 0 Å². The van der Waals surface area contributed by atoms with E-state index in [1.165, 1.54) is 0 Å². The van der Waals surface area contributed by atoms with Crippen molar-refractivity contribution < 1.29 is 0 Å². The second kappa shape index (κ2) is 4.94. The molecule has 2 unspecified atom stereocenters. The van der Waals surface area contributed by atoms with Gasteiger partial charge >= 0.3 is 0 Å². The van der Waals surface area contributed by atoms with Crippen LogP contribution in [0.2, 0.25) is 0 Å².